The lowest BCUT2D eigenvalue weighted by Crippen LogP contribution is -2.45. The third-order valence-electron chi connectivity index (χ3n) is 3.05. The monoisotopic (exact) mass is 253 g/mol. The molecule has 18 heavy (non-hydrogen) atoms. The van der Waals surface area contributed by atoms with Crippen molar-refractivity contribution in [3.63, 3.8) is 0 Å². The van der Waals surface area contributed by atoms with Gasteiger partial charge in [0.1, 0.15) is 5.69 Å². The molecule has 0 radical (unpaired) electrons. The maximum atomic E-state index is 11.8. The second kappa shape index (κ2) is 5.18. The van der Waals surface area contributed by atoms with Gasteiger partial charge in [0.15, 0.2) is 0 Å². The van der Waals surface area contributed by atoms with Gasteiger partial charge in [0.25, 0.3) is 11.5 Å². The molecule has 1 heterocycles. The average Bonchev–Trinajstić information content (AvgIpc) is 2.31. The average molecular weight is 253 g/mol. The van der Waals surface area contributed by atoms with E-state index in [0.717, 1.165) is 18.9 Å². The van der Waals surface area contributed by atoms with E-state index >= 15 is 0 Å². The Bertz CT molecular complexity index is 519. The first-order valence-corrected chi connectivity index (χ1v) is 5.89. The zero-order valence-corrected chi connectivity index (χ0v) is 9.73. The fourth-order valence-corrected chi connectivity index (χ4v) is 2.12. The SMILES string of the molecule is O=C(NC1CCCCC1O)c1cc(=O)[nH]c(=O)[nH]1. The van der Waals surface area contributed by atoms with Crippen molar-refractivity contribution in [1.29, 1.82) is 0 Å². The molecule has 2 rings (SSSR count). The van der Waals surface area contributed by atoms with Crippen molar-refractivity contribution in [2.24, 2.45) is 0 Å². The Hall–Kier alpha value is -1.89. The summed E-state index contributed by atoms with van der Waals surface area (Å²) >= 11 is 0. The number of carbonyl (C=O) groups is 1. The quantitative estimate of drug-likeness (QED) is 0.546. The number of aromatic nitrogens is 2. The molecule has 1 aliphatic rings. The molecule has 7 heteroatoms. The van der Waals surface area contributed by atoms with Gasteiger partial charge in [-0.1, -0.05) is 12.8 Å². The maximum Gasteiger partial charge on any atom is 0.326 e. The number of H-pyrrole nitrogens is 2. The van der Waals surface area contributed by atoms with E-state index in [9.17, 15) is 19.5 Å². The molecule has 0 spiro atoms. The maximum absolute atomic E-state index is 11.8. The molecule has 7 nitrogen and oxygen atoms in total. The van der Waals surface area contributed by atoms with Gasteiger partial charge in [0.05, 0.1) is 12.1 Å². The fourth-order valence-electron chi connectivity index (χ4n) is 2.12. The van der Waals surface area contributed by atoms with Crippen molar-refractivity contribution in [3.05, 3.63) is 32.6 Å². The van der Waals surface area contributed by atoms with Crippen molar-refractivity contribution in [2.75, 3.05) is 0 Å². The fraction of sp³-hybridized carbons (Fsp3) is 0.545. The third-order valence-corrected chi connectivity index (χ3v) is 3.05. The summed E-state index contributed by atoms with van der Waals surface area (Å²) in [6, 6.07) is 0.695. The van der Waals surface area contributed by atoms with Crippen molar-refractivity contribution in [2.45, 2.75) is 37.8 Å². The molecule has 98 valence electrons. The van der Waals surface area contributed by atoms with Crippen molar-refractivity contribution in [3.8, 4) is 0 Å². The first-order valence-electron chi connectivity index (χ1n) is 5.89. The van der Waals surface area contributed by atoms with Gasteiger partial charge in [0.2, 0.25) is 0 Å². The Morgan fingerprint density at radius 3 is 2.67 bits per heavy atom. The number of aliphatic hydroxyl groups is 1. The third kappa shape index (κ3) is 2.86. The second-order valence-electron chi connectivity index (χ2n) is 4.43. The zero-order valence-electron chi connectivity index (χ0n) is 9.73. The minimum atomic E-state index is -0.725. The van der Waals surface area contributed by atoms with E-state index in [1.807, 2.05) is 4.98 Å². The highest BCUT2D eigenvalue weighted by Gasteiger charge is 2.25. The van der Waals surface area contributed by atoms with Crippen LogP contribution in [0.5, 0.6) is 0 Å². The molecule has 1 aliphatic carbocycles. The van der Waals surface area contributed by atoms with E-state index in [-0.39, 0.29) is 11.7 Å². The van der Waals surface area contributed by atoms with Crippen LogP contribution in [0.4, 0.5) is 0 Å². The summed E-state index contributed by atoms with van der Waals surface area (Å²) in [5, 5.41) is 12.3. The number of hydrogen-bond donors (Lipinski definition) is 4. The zero-order chi connectivity index (χ0) is 13.1. The van der Waals surface area contributed by atoms with E-state index in [0.29, 0.717) is 12.8 Å². The van der Waals surface area contributed by atoms with E-state index < -0.39 is 23.3 Å². The van der Waals surface area contributed by atoms with Gasteiger partial charge in [-0.25, -0.2) is 4.79 Å². The number of carbonyl (C=O) groups excluding carboxylic acids is 1. The van der Waals surface area contributed by atoms with Gasteiger partial charge in [-0.05, 0) is 12.8 Å². The van der Waals surface area contributed by atoms with Crippen LogP contribution in [0, 0.1) is 0 Å². The molecule has 1 fully saturated rings. The summed E-state index contributed by atoms with van der Waals surface area (Å²) in [5.74, 6) is -0.552. The van der Waals surface area contributed by atoms with Crippen LogP contribution >= 0.6 is 0 Å². The molecule has 1 saturated carbocycles. The summed E-state index contributed by atoms with van der Waals surface area (Å²) in [7, 11) is 0. The largest absolute Gasteiger partial charge is 0.391 e. The van der Waals surface area contributed by atoms with Crippen LogP contribution in [-0.4, -0.2) is 33.1 Å². The van der Waals surface area contributed by atoms with Crippen molar-refractivity contribution >= 4 is 5.91 Å². The molecule has 2 atom stereocenters. The summed E-state index contributed by atoms with van der Waals surface area (Å²) in [4.78, 5) is 38.1. The number of amides is 1. The molecule has 1 aromatic heterocycles. The van der Waals surface area contributed by atoms with Crippen molar-refractivity contribution in [1.82, 2.24) is 15.3 Å². The van der Waals surface area contributed by atoms with Crippen LogP contribution in [-0.2, 0) is 0 Å². The van der Waals surface area contributed by atoms with E-state index in [1.54, 1.807) is 0 Å². The number of nitrogens with one attached hydrogen (secondary N) is 3. The van der Waals surface area contributed by atoms with Gasteiger partial charge < -0.3 is 15.4 Å². The number of rotatable bonds is 2. The van der Waals surface area contributed by atoms with Gasteiger partial charge in [0, 0.05) is 6.07 Å². The molecular weight excluding hydrogens is 238 g/mol. The molecule has 1 aromatic rings. The highest BCUT2D eigenvalue weighted by molar-refractivity contribution is 5.92. The van der Waals surface area contributed by atoms with Gasteiger partial charge in [-0.3, -0.25) is 14.6 Å². The highest BCUT2D eigenvalue weighted by atomic mass is 16.3. The summed E-state index contributed by atoms with van der Waals surface area (Å²) < 4.78 is 0. The lowest BCUT2D eigenvalue weighted by Gasteiger charge is -2.28. The Morgan fingerprint density at radius 2 is 2.00 bits per heavy atom. The predicted octanol–water partition coefficient (Wildman–Crippen LogP) is -0.903. The topological polar surface area (TPSA) is 115 Å². The Labute approximate surface area is 102 Å². The molecule has 1 amide bonds. The molecular formula is C11H15N3O4. The van der Waals surface area contributed by atoms with Gasteiger partial charge >= 0.3 is 5.69 Å². The summed E-state index contributed by atoms with van der Waals surface area (Å²) in [5.41, 5.74) is -1.45. The lowest BCUT2D eigenvalue weighted by molar-refractivity contribution is 0.0713. The Morgan fingerprint density at radius 1 is 1.28 bits per heavy atom. The van der Waals surface area contributed by atoms with Crippen molar-refractivity contribution < 1.29 is 9.90 Å². The molecule has 0 aromatic carbocycles. The molecule has 0 bridgehead atoms. The van der Waals surface area contributed by atoms with E-state index in [2.05, 4.69) is 10.3 Å². The number of hydrogen-bond acceptors (Lipinski definition) is 4. The molecule has 0 aliphatic heterocycles. The summed E-state index contributed by atoms with van der Waals surface area (Å²) in [6.45, 7) is 0. The van der Waals surface area contributed by atoms with Gasteiger partial charge in [-0.2, -0.15) is 0 Å². The molecule has 4 N–H and O–H groups in total. The predicted molar refractivity (Wildman–Crippen MR) is 63.4 cm³/mol. The van der Waals surface area contributed by atoms with Crippen LogP contribution in [0.1, 0.15) is 36.2 Å². The minimum absolute atomic E-state index is 0.0958. The van der Waals surface area contributed by atoms with E-state index in [4.69, 9.17) is 0 Å². The number of aliphatic hydroxyl groups excluding tert-OH is 1. The van der Waals surface area contributed by atoms with Crippen LogP contribution < -0.4 is 16.6 Å². The Balaban J connectivity index is 2.11. The first kappa shape index (κ1) is 12.6. The second-order valence-corrected chi connectivity index (χ2v) is 4.43. The lowest BCUT2D eigenvalue weighted by atomic mass is 9.92. The highest BCUT2D eigenvalue weighted by Crippen LogP contribution is 2.18. The van der Waals surface area contributed by atoms with E-state index in [1.165, 1.54) is 0 Å². The smallest absolute Gasteiger partial charge is 0.326 e. The molecule has 0 saturated heterocycles. The Kier molecular flexibility index (Phi) is 3.61. The minimum Gasteiger partial charge on any atom is -0.391 e. The number of aromatic amines is 2. The molecule has 2 unspecified atom stereocenters. The van der Waals surface area contributed by atoms with Crippen LogP contribution in [0.25, 0.3) is 0 Å². The van der Waals surface area contributed by atoms with Crippen LogP contribution in [0.2, 0.25) is 0 Å². The normalized spacial score (nSPS) is 23.6. The summed E-state index contributed by atoms with van der Waals surface area (Å²) in [6.07, 6.45) is 2.65. The van der Waals surface area contributed by atoms with Gasteiger partial charge in [-0.15, -0.1) is 0 Å². The first-order chi connectivity index (χ1) is 8.56. The standard InChI is InChI=1S/C11H15N3O4/c15-8-4-2-1-3-6(8)12-10(17)7-5-9(16)14-11(18)13-7/h5-6,8,15H,1-4H2,(H,12,17)(H2,13,14,16,18). The van der Waals surface area contributed by atoms with Crippen LogP contribution in [0.3, 0.4) is 0 Å². The van der Waals surface area contributed by atoms with Crippen LogP contribution in [0.15, 0.2) is 15.7 Å².